The maximum Gasteiger partial charge on any atom is 0.306 e. The van der Waals surface area contributed by atoms with E-state index in [1.165, 1.54) is 154 Å². The summed E-state index contributed by atoms with van der Waals surface area (Å²) in [5.41, 5.74) is 0. The van der Waals surface area contributed by atoms with E-state index in [2.05, 4.69) is 106 Å². The molecular weight excluding hydrogens is 925 g/mol. The van der Waals surface area contributed by atoms with Crippen LogP contribution in [0, 0.1) is 0 Å². The minimum absolute atomic E-state index is 0.0922. The first kappa shape index (κ1) is 71.6. The molecular formula is C69H120O6. The molecule has 6 heteroatoms. The third-order valence-corrected chi connectivity index (χ3v) is 13.9. The lowest BCUT2D eigenvalue weighted by Crippen LogP contribution is -2.30. The van der Waals surface area contributed by atoms with Crippen molar-refractivity contribution < 1.29 is 28.6 Å². The third kappa shape index (κ3) is 61.3. The first-order chi connectivity index (χ1) is 37.0. The van der Waals surface area contributed by atoms with Crippen LogP contribution in [0.2, 0.25) is 0 Å². The van der Waals surface area contributed by atoms with Crippen molar-refractivity contribution in [1.29, 1.82) is 0 Å². The maximum absolute atomic E-state index is 12.9. The Balaban J connectivity index is 4.41. The molecule has 0 fully saturated rings. The van der Waals surface area contributed by atoms with Crippen LogP contribution in [0.3, 0.4) is 0 Å². The fourth-order valence-electron chi connectivity index (χ4n) is 9.09. The molecule has 0 aromatic rings. The van der Waals surface area contributed by atoms with Gasteiger partial charge in [0, 0.05) is 19.3 Å². The van der Waals surface area contributed by atoms with Gasteiger partial charge < -0.3 is 14.2 Å². The van der Waals surface area contributed by atoms with Gasteiger partial charge in [-0.25, -0.2) is 0 Å². The molecule has 0 rings (SSSR count). The van der Waals surface area contributed by atoms with Crippen LogP contribution in [0.5, 0.6) is 0 Å². The van der Waals surface area contributed by atoms with Gasteiger partial charge in [0.05, 0.1) is 0 Å². The highest BCUT2D eigenvalue weighted by molar-refractivity contribution is 5.71. The second-order valence-electron chi connectivity index (χ2n) is 21.3. The zero-order valence-corrected chi connectivity index (χ0v) is 49.6. The van der Waals surface area contributed by atoms with Crippen molar-refractivity contribution in [3.63, 3.8) is 0 Å². The van der Waals surface area contributed by atoms with Crippen molar-refractivity contribution in [2.75, 3.05) is 13.2 Å². The van der Waals surface area contributed by atoms with E-state index >= 15 is 0 Å². The van der Waals surface area contributed by atoms with Crippen molar-refractivity contribution in [2.24, 2.45) is 0 Å². The summed E-state index contributed by atoms with van der Waals surface area (Å²) in [6, 6.07) is 0. The molecule has 0 N–H and O–H groups in total. The normalized spacial score (nSPS) is 12.6. The fraction of sp³-hybridized carbons (Fsp3) is 0.754. The second-order valence-corrected chi connectivity index (χ2v) is 21.3. The number of allylic oxidation sites excluding steroid dienone is 14. The minimum Gasteiger partial charge on any atom is -0.462 e. The number of carbonyl (C=O) groups is 3. The fourth-order valence-corrected chi connectivity index (χ4v) is 9.09. The van der Waals surface area contributed by atoms with Crippen LogP contribution < -0.4 is 0 Å². The molecule has 0 saturated carbocycles. The molecule has 0 spiro atoms. The number of hydrogen-bond donors (Lipinski definition) is 0. The van der Waals surface area contributed by atoms with Gasteiger partial charge in [0.25, 0.3) is 0 Å². The van der Waals surface area contributed by atoms with Gasteiger partial charge in [0.1, 0.15) is 13.2 Å². The molecule has 0 saturated heterocycles. The van der Waals surface area contributed by atoms with Gasteiger partial charge in [-0.1, -0.05) is 286 Å². The van der Waals surface area contributed by atoms with Crippen LogP contribution >= 0.6 is 0 Å². The number of esters is 3. The Morgan fingerprint density at radius 2 is 0.520 bits per heavy atom. The van der Waals surface area contributed by atoms with E-state index < -0.39 is 6.10 Å². The lowest BCUT2D eigenvalue weighted by atomic mass is 10.0. The molecule has 0 radical (unpaired) electrons. The van der Waals surface area contributed by atoms with Crippen LogP contribution in [-0.4, -0.2) is 37.2 Å². The summed E-state index contributed by atoms with van der Waals surface area (Å²) in [4.78, 5) is 38.3. The molecule has 0 aliphatic carbocycles. The van der Waals surface area contributed by atoms with E-state index in [1.54, 1.807) is 0 Å². The van der Waals surface area contributed by atoms with Gasteiger partial charge in [0.15, 0.2) is 6.10 Å². The standard InChI is InChI=1S/C69H120O6/c1-4-7-10-13-16-19-22-25-28-31-33-34-35-37-38-41-44-47-50-53-56-59-62-68(71)74-65-66(64-73-67(70)61-58-55-52-49-46-43-40-30-27-24-21-18-15-12-9-6-3)75-69(72)63-60-57-54-51-48-45-42-39-36-32-29-26-23-20-17-14-11-8-5-2/h8,11,17,20-21,24,26,29-30,36,39-40,45,48,66H,4-7,9-10,12-16,18-19,22-23,25,27-28,31-35,37-38,41-44,46-47,49-65H2,1-3H3/b11-8-,20-17-,24-21-,29-26-,39-36-,40-30-,48-45-. The average molecular weight is 1050 g/mol. The van der Waals surface area contributed by atoms with E-state index in [-0.39, 0.29) is 37.5 Å². The van der Waals surface area contributed by atoms with Gasteiger partial charge in [0.2, 0.25) is 0 Å². The summed E-state index contributed by atoms with van der Waals surface area (Å²) in [5.74, 6) is -0.926. The number of hydrogen-bond acceptors (Lipinski definition) is 6. The summed E-state index contributed by atoms with van der Waals surface area (Å²) in [7, 11) is 0. The summed E-state index contributed by atoms with van der Waals surface area (Å²) >= 11 is 0. The number of unbranched alkanes of at least 4 members (excludes halogenated alkanes) is 33. The van der Waals surface area contributed by atoms with Crippen LogP contribution in [0.4, 0.5) is 0 Å². The highest BCUT2D eigenvalue weighted by Crippen LogP contribution is 2.17. The predicted molar refractivity (Wildman–Crippen MR) is 325 cm³/mol. The van der Waals surface area contributed by atoms with Crippen LogP contribution in [0.1, 0.15) is 316 Å². The molecule has 6 nitrogen and oxygen atoms in total. The van der Waals surface area contributed by atoms with E-state index in [0.717, 1.165) is 122 Å². The Morgan fingerprint density at radius 3 is 0.840 bits per heavy atom. The van der Waals surface area contributed by atoms with Crippen molar-refractivity contribution in [3.8, 4) is 0 Å². The largest absolute Gasteiger partial charge is 0.462 e. The van der Waals surface area contributed by atoms with E-state index in [1.807, 2.05) is 0 Å². The molecule has 75 heavy (non-hydrogen) atoms. The van der Waals surface area contributed by atoms with Crippen LogP contribution in [0.15, 0.2) is 85.1 Å². The minimum atomic E-state index is -0.800. The van der Waals surface area contributed by atoms with Gasteiger partial charge in [-0.15, -0.1) is 0 Å². The van der Waals surface area contributed by atoms with Gasteiger partial charge in [-0.3, -0.25) is 14.4 Å². The number of rotatable bonds is 58. The summed E-state index contributed by atoms with van der Waals surface area (Å²) in [5, 5.41) is 0. The van der Waals surface area contributed by atoms with E-state index in [0.29, 0.717) is 12.8 Å². The van der Waals surface area contributed by atoms with Crippen molar-refractivity contribution in [1.82, 2.24) is 0 Å². The van der Waals surface area contributed by atoms with Crippen LogP contribution in [-0.2, 0) is 28.6 Å². The third-order valence-electron chi connectivity index (χ3n) is 13.9. The molecule has 0 amide bonds. The average Bonchev–Trinajstić information content (AvgIpc) is 3.41. The maximum atomic E-state index is 12.9. The van der Waals surface area contributed by atoms with Gasteiger partial charge in [-0.05, 0) is 96.3 Å². The predicted octanol–water partition coefficient (Wildman–Crippen LogP) is 21.9. The molecule has 432 valence electrons. The summed E-state index contributed by atoms with van der Waals surface area (Å²) in [6.07, 6.45) is 83.0. The van der Waals surface area contributed by atoms with Gasteiger partial charge >= 0.3 is 17.9 Å². The highest BCUT2D eigenvalue weighted by atomic mass is 16.6. The first-order valence-electron chi connectivity index (χ1n) is 32.1. The van der Waals surface area contributed by atoms with Crippen LogP contribution in [0.25, 0.3) is 0 Å². The molecule has 0 aliphatic heterocycles. The molecule has 0 bridgehead atoms. The molecule has 0 aromatic heterocycles. The Hall–Kier alpha value is -3.41. The highest BCUT2D eigenvalue weighted by Gasteiger charge is 2.19. The molecule has 1 unspecified atom stereocenters. The Labute approximate surface area is 465 Å². The molecule has 1 atom stereocenters. The zero-order valence-electron chi connectivity index (χ0n) is 49.6. The number of carbonyl (C=O) groups excluding carboxylic acids is 3. The zero-order chi connectivity index (χ0) is 54.3. The lowest BCUT2D eigenvalue weighted by molar-refractivity contribution is -0.167. The van der Waals surface area contributed by atoms with Crippen molar-refractivity contribution in [2.45, 2.75) is 322 Å². The first-order valence-corrected chi connectivity index (χ1v) is 32.1. The van der Waals surface area contributed by atoms with E-state index in [4.69, 9.17) is 14.2 Å². The monoisotopic (exact) mass is 1040 g/mol. The Bertz CT molecular complexity index is 1430. The van der Waals surface area contributed by atoms with E-state index in [9.17, 15) is 14.4 Å². The lowest BCUT2D eigenvalue weighted by Gasteiger charge is -2.18. The molecule has 0 aromatic carbocycles. The molecule has 0 heterocycles. The topological polar surface area (TPSA) is 78.9 Å². The summed E-state index contributed by atoms with van der Waals surface area (Å²) < 4.78 is 16.9. The number of ether oxygens (including phenoxy) is 3. The van der Waals surface area contributed by atoms with Crippen molar-refractivity contribution in [3.05, 3.63) is 85.1 Å². The molecule has 0 aliphatic rings. The van der Waals surface area contributed by atoms with Gasteiger partial charge in [-0.2, -0.15) is 0 Å². The second kappa shape index (κ2) is 63.1. The smallest absolute Gasteiger partial charge is 0.306 e. The SMILES string of the molecule is CC/C=C\C/C=C\C/C=C\C/C=C\C/C=C\CCCCCC(=O)OC(COC(=O)CCCCCCC/C=C\C/C=C\CCCCCC)COC(=O)CCCCCCCCCCCCCCCCCCCCCCCC. The van der Waals surface area contributed by atoms with Crippen molar-refractivity contribution >= 4 is 17.9 Å². The Kier molecular flexibility index (Phi) is 60.3. The Morgan fingerprint density at radius 1 is 0.280 bits per heavy atom. The summed E-state index contributed by atoms with van der Waals surface area (Å²) in [6.45, 7) is 6.51. The quantitative estimate of drug-likeness (QED) is 0.0261.